The van der Waals surface area contributed by atoms with Gasteiger partial charge >= 0.3 is 5.97 Å². The molecule has 14 heavy (non-hydrogen) atoms. The summed E-state index contributed by atoms with van der Waals surface area (Å²) in [6, 6.07) is 1.45. The minimum absolute atomic E-state index is 0.142. The van der Waals surface area contributed by atoms with Gasteiger partial charge in [-0.05, 0) is 19.4 Å². The summed E-state index contributed by atoms with van der Waals surface area (Å²) in [6.45, 7) is 3.44. The summed E-state index contributed by atoms with van der Waals surface area (Å²) < 4.78 is 5.53. The predicted octanol–water partition coefficient (Wildman–Crippen LogP) is 0.0331. The maximum absolute atomic E-state index is 11.3. The maximum Gasteiger partial charge on any atom is 0.327 e. The SMILES string of the molecule is COC(=O)Cn1nc(C)c(C)cc1=O. The van der Waals surface area contributed by atoms with Gasteiger partial charge in [-0.2, -0.15) is 5.10 Å². The molecule has 0 aliphatic heterocycles. The van der Waals surface area contributed by atoms with Gasteiger partial charge < -0.3 is 4.74 Å². The lowest BCUT2D eigenvalue weighted by molar-refractivity contribution is -0.141. The van der Waals surface area contributed by atoms with E-state index in [2.05, 4.69) is 9.84 Å². The Morgan fingerprint density at radius 3 is 2.79 bits per heavy atom. The van der Waals surface area contributed by atoms with Gasteiger partial charge in [0.2, 0.25) is 0 Å². The Labute approximate surface area is 81.3 Å². The van der Waals surface area contributed by atoms with Gasteiger partial charge in [0.05, 0.1) is 12.8 Å². The smallest absolute Gasteiger partial charge is 0.327 e. The quantitative estimate of drug-likeness (QED) is 0.626. The summed E-state index contributed by atoms with van der Waals surface area (Å²) in [5, 5.41) is 3.96. The Hall–Kier alpha value is -1.65. The van der Waals surface area contributed by atoms with Crippen molar-refractivity contribution in [3.63, 3.8) is 0 Å². The van der Waals surface area contributed by atoms with Crippen LogP contribution in [0.25, 0.3) is 0 Å². The average Bonchev–Trinajstić information content (AvgIpc) is 2.14. The molecule has 0 amide bonds. The molecule has 0 spiro atoms. The number of aromatic nitrogens is 2. The van der Waals surface area contributed by atoms with Crippen molar-refractivity contribution in [2.45, 2.75) is 20.4 Å². The molecular weight excluding hydrogens is 184 g/mol. The molecule has 0 fully saturated rings. The lowest BCUT2D eigenvalue weighted by Crippen LogP contribution is -2.27. The fourth-order valence-corrected chi connectivity index (χ4v) is 0.973. The largest absolute Gasteiger partial charge is 0.468 e. The first-order valence-electron chi connectivity index (χ1n) is 4.16. The lowest BCUT2D eigenvalue weighted by Gasteiger charge is -2.05. The van der Waals surface area contributed by atoms with Crippen molar-refractivity contribution in [1.82, 2.24) is 9.78 Å². The monoisotopic (exact) mass is 196 g/mol. The highest BCUT2D eigenvalue weighted by atomic mass is 16.5. The zero-order valence-electron chi connectivity index (χ0n) is 8.40. The van der Waals surface area contributed by atoms with Crippen LogP contribution < -0.4 is 5.56 Å². The number of aryl methyl sites for hydroxylation is 2. The van der Waals surface area contributed by atoms with Crippen molar-refractivity contribution in [2.24, 2.45) is 0 Å². The molecule has 1 aromatic rings. The number of hydrogen-bond donors (Lipinski definition) is 0. The molecule has 0 radical (unpaired) electrons. The third-order valence-corrected chi connectivity index (χ3v) is 1.94. The normalized spacial score (nSPS) is 9.93. The Bertz CT molecular complexity index is 409. The molecule has 0 atom stereocenters. The van der Waals surface area contributed by atoms with Crippen LogP contribution in [0.1, 0.15) is 11.3 Å². The Kier molecular flexibility index (Phi) is 3.01. The first-order valence-corrected chi connectivity index (χ1v) is 4.16. The van der Waals surface area contributed by atoms with Gasteiger partial charge in [-0.3, -0.25) is 9.59 Å². The molecule has 0 aromatic carbocycles. The van der Waals surface area contributed by atoms with Crippen LogP contribution in [0.3, 0.4) is 0 Å². The third kappa shape index (κ3) is 2.18. The van der Waals surface area contributed by atoms with Gasteiger partial charge in [0, 0.05) is 6.07 Å². The number of hydrogen-bond acceptors (Lipinski definition) is 4. The molecule has 0 bridgehead atoms. The van der Waals surface area contributed by atoms with E-state index in [0.717, 1.165) is 15.9 Å². The number of carbonyl (C=O) groups excluding carboxylic acids is 1. The molecule has 0 unspecified atom stereocenters. The Morgan fingerprint density at radius 1 is 1.57 bits per heavy atom. The minimum atomic E-state index is -0.483. The van der Waals surface area contributed by atoms with E-state index in [1.54, 1.807) is 13.8 Å². The lowest BCUT2D eigenvalue weighted by atomic mass is 10.2. The number of carbonyl (C=O) groups is 1. The fraction of sp³-hybridized carbons (Fsp3) is 0.444. The van der Waals surface area contributed by atoms with Crippen LogP contribution in [0.5, 0.6) is 0 Å². The standard InChI is InChI=1S/C9H12N2O3/c1-6-4-8(12)11(10-7(6)2)5-9(13)14-3/h4H,5H2,1-3H3. The highest BCUT2D eigenvalue weighted by Gasteiger charge is 2.06. The van der Waals surface area contributed by atoms with Crippen LogP contribution in [0.2, 0.25) is 0 Å². The van der Waals surface area contributed by atoms with E-state index in [1.165, 1.54) is 13.2 Å². The summed E-state index contributed by atoms with van der Waals surface area (Å²) in [5.74, 6) is -0.483. The topological polar surface area (TPSA) is 61.2 Å². The molecule has 0 N–H and O–H groups in total. The Balaban J connectivity index is 3.04. The maximum atomic E-state index is 11.3. The molecule has 1 heterocycles. The van der Waals surface area contributed by atoms with Crippen molar-refractivity contribution in [2.75, 3.05) is 7.11 Å². The number of ether oxygens (including phenoxy) is 1. The number of rotatable bonds is 2. The summed E-state index contributed by atoms with van der Waals surface area (Å²) in [6.07, 6.45) is 0. The second kappa shape index (κ2) is 4.04. The first-order chi connectivity index (χ1) is 6.54. The van der Waals surface area contributed by atoms with Crippen LogP contribution in [-0.2, 0) is 16.1 Å². The second-order valence-electron chi connectivity index (χ2n) is 2.98. The van der Waals surface area contributed by atoms with E-state index in [-0.39, 0.29) is 12.1 Å². The number of methoxy groups -OCH3 is 1. The molecule has 0 saturated heterocycles. The van der Waals surface area contributed by atoms with Crippen LogP contribution in [0.15, 0.2) is 10.9 Å². The van der Waals surface area contributed by atoms with E-state index >= 15 is 0 Å². The summed E-state index contributed by atoms with van der Waals surface area (Å²) >= 11 is 0. The van der Waals surface area contributed by atoms with E-state index in [0.29, 0.717) is 0 Å². The highest BCUT2D eigenvalue weighted by Crippen LogP contribution is 1.96. The van der Waals surface area contributed by atoms with Gasteiger partial charge in [-0.25, -0.2) is 4.68 Å². The van der Waals surface area contributed by atoms with E-state index < -0.39 is 5.97 Å². The van der Waals surface area contributed by atoms with Crippen molar-refractivity contribution < 1.29 is 9.53 Å². The van der Waals surface area contributed by atoms with Crippen LogP contribution >= 0.6 is 0 Å². The zero-order chi connectivity index (χ0) is 10.7. The molecule has 5 heteroatoms. The molecule has 1 rings (SSSR count). The van der Waals surface area contributed by atoms with E-state index in [1.807, 2.05) is 0 Å². The highest BCUT2D eigenvalue weighted by molar-refractivity contribution is 5.68. The van der Waals surface area contributed by atoms with Crippen LogP contribution in [-0.4, -0.2) is 22.9 Å². The van der Waals surface area contributed by atoms with Gasteiger partial charge in [0.1, 0.15) is 6.54 Å². The molecule has 5 nitrogen and oxygen atoms in total. The summed E-state index contributed by atoms with van der Waals surface area (Å²) in [7, 11) is 1.27. The van der Waals surface area contributed by atoms with E-state index in [9.17, 15) is 9.59 Å². The summed E-state index contributed by atoms with van der Waals surface area (Å²) in [5.41, 5.74) is 1.25. The van der Waals surface area contributed by atoms with Gasteiger partial charge in [0.25, 0.3) is 5.56 Å². The Morgan fingerprint density at radius 2 is 2.21 bits per heavy atom. The second-order valence-corrected chi connectivity index (χ2v) is 2.98. The van der Waals surface area contributed by atoms with Crippen LogP contribution in [0.4, 0.5) is 0 Å². The molecule has 0 saturated carbocycles. The van der Waals surface area contributed by atoms with E-state index in [4.69, 9.17) is 0 Å². The zero-order valence-corrected chi connectivity index (χ0v) is 8.40. The molecule has 76 valence electrons. The molecule has 0 aliphatic carbocycles. The van der Waals surface area contributed by atoms with Gasteiger partial charge in [0.15, 0.2) is 0 Å². The average molecular weight is 196 g/mol. The van der Waals surface area contributed by atoms with Gasteiger partial charge in [-0.15, -0.1) is 0 Å². The van der Waals surface area contributed by atoms with Crippen molar-refractivity contribution >= 4 is 5.97 Å². The van der Waals surface area contributed by atoms with Crippen LogP contribution in [0, 0.1) is 13.8 Å². The molecule has 0 aliphatic rings. The predicted molar refractivity (Wildman–Crippen MR) is 50.0 cm³/mol. The third-order valence-electron chi connectivity index (χ3n) is 1.94. The first kappa shape index (κ1) is 10.4. The number of nitrogens with zero attached hydrogens (tertiary/aromatic N) is 2. The number of esters is 1. The van der Waals surface area contributed by atoms with Crippen molar-refractivity contribution in [1.29, 1.82) is 0 Å². The minimum Gasteiger partial charge on any atom is -0.468 e. The van der Waals surface area contributed by atoms with Crippen molar-refractivity contribution in [3.05, 3.63) is 27.7 Å². The fourth-order valence-electron chi connectivity index (χ4n) is 0.973. The summed E-state index contributed by atoms with van der Waals surface area (Å²) in [4.78, 5) is 22.2. The van der Waals surface area contributed by atoms with Gasteiger partial charge in [-0.1, -0.05) is 0 Å². The molecule has 1 aromatic heterocycles. The molecular formula is C9H12N2O3. The van der Waals surface area contributed by atoms with Crippen molar-refractivity contribution in [3.8, 4) is 0 Å².